The lowest BCUT2D eigenvalue weighted by atomic mass is 9.94. The number of halogens is 2. The molecule has 0 atom stereocenters. The van der Waals surface area contributed by atoms with Gasteiger partial charge in [-0.15, -0.1) is 0 Å². The normalized spacial score (nSPS) is 16.7. The Bertz CT molecular complexity index is 545. The summed E-state index contributed by atoms with van der Waals surface area (Å²) in [6.45, 7) is 5.42. The highest BCUT2D eigenvalue weighted by molar-refractivity contribution is 6.30. The van der Waals surface area contributed by atoms with Gasteiger partial charge in [0.1, 0.15) is 5.60 Å². The SMILES string of the molecule is COc1c(C2(C(=O)OC(C)(C)C)CC2)ccc(Cl)c1F. The number of esters is 1. The average molecular weight is 301 g/mol. The van der Waals surface area contributed by atoms with Crippen molar-refractivity contribution in [1.29, 1.82) is 0 Å². The van der Waals surface area contributed by atoms with E-state index in [-0.39, 0.29) is 16.7 Å². The van der Waals surface area contributed by atoms with Crippen LogP contribution in [0.15, 0.2) is 12.1 Å². The van der Waals surface area contributed by atoms with Crippen LogP contribution in [0.2, 0.25) is 5.02 Å². The molecule has 1 aromatic carbocycles. The van der Waals surface area contributed by atoms with Gasteiger partial charge < -0.3 is 9.47 Å². The van der Waals surface area contributed by atoms with E-state index in [9.17, 15) is 9.18 Å². The predicted octanol–water partition coefficient (Wildman–Crippen LogP) is 3.86. The van der Waals surface area contributed by atoms with Crippen molar-refractivity contribution in [2.75, 3.05) is 7.11 Å². The lowest BCUT2D eigenvalue weighted by molar-refractivity contribution is -0.158. The van der Waals surface area contributed by atoms with E-state index >= 15 is 0 Å². The zero-order valence-electron chi connectivity index (χ0n) is 12.0. The largest absolute Gasteiger partial charge is 0.493 e. The van der Waals surface area contributed by atoms with Gasteiger partial charge in [-0.25, -0.2) is 4.39 Å². The van der Waals surface area contributed by atoms with E-state index in [1.165, 1.54) is 13.2 Å². The Balaban J connectivity index is 2.41. The van der Waals surface area contributed by atoms with Gasteiger partial charge in [-0.3, -0.25) is 4.79 Å². The molecule has 0 radical (unpaired) electrons. The molecule has 5 heteroatoms. The first-order chi connectivity index (χ1) is 9.21. The highest BCUT2D eigenvalue weighted by Crippen LogP contribution is 2.53. The van der Waals surface area contributed by atoms with Gasteiger partial charge in [0.05, 0.1) is 17.5 Å². The monoisotopic (exact) mass is 300 g/mol. The van der Waals surface area contributed by atoms with Crippen molar-refractivity contribution in [1.82, 2.24) is 0 Å². The maximum Gasteiger partial charge on any atom is 0.317 e. The molecule has 1 aliphatic carbocycles. The van der Waals surface area contributed by atoms with Crippen molar-refractivity contribution in [3.63, 3.8) is 0 Å². The molecule has 0 amide bonds. The van der Waals surface area contributed by atoms with Crippen molar-refractivity contribution in [3.8, 4) is 5.75 Å². The third-order valence-corrected chi connectivity index (χ3v) is 3.60. The first kappa shape index (κ1) is 15.1. The lowest BCUT2D eigenvalue weighted by Gasteiger charge is -2.25. The Morgan fingerprint density at radius 2 is 1.95 bits per heavy atom. The first-order valence-electron chi connectivity index (χ1n) is 6.47. The van der Waals surface area contributed by atoms with Gasteiger partial charge in [0.2, 0.25) is 0 Å². The minimum Gasteiger partial charge on any atom is -0.493 e. The molecular weight excluding hydrogens is 283 g/mol. The van der Waals surface area contributed by atoms with Gasteiger partial charge >= 0.3 is 5.97 Å². The number of hydrogen-bond donors (Lipinski definition) is 0. The molecule has 0 heterocycles. The summed E-state index contributed by atoms with van der Waals surface area (Å²) in [4.78, 5) is 12.4. The molecule has 0 saturated heterocycles. The zero-order chi connectivity index (χ0) is 15.1. The second-order valence-electron chi connectivity index (χ2n) is 6.03. The Labute approximate surface area is 123 Å². The summed E-state index contributed by atoms with van der Waals surface area (Å²) in [5, 5.41) is -0.0226. The summed E-state index contributed by atoms with van der Waals surface area (Å²) in [7, 11) is 1.36. The Kier molecular flexibility index (Phi) is 3.71. The number of carbonyl (C=O) groups excluding carboxylic acids is 1. The van der Waals surface area contributed by atoms with Crippen LogP contribution in [0.25, 0.3) is 0 Å². The minimum atomic E-state index is -0.802. The van der Waals surface area contributed by atoms with E-state index < -0.39 is 16.8 Å². The summed E-state index contributed by atoms with van der Waals surface area (Å²) in [6, 6.07) is 3.08. The van der Waals surface area contributed by atoms with Crippen molar-refractivity contribution in [2.24, 2.45) is 0 Å². The Morgan fingerprint density at radius 1 is 1.35 bits per heavy atom. The van der Waals surface area contributed by atoms with Gasteiger partial charge in [0.15, 0.2) is 11.6 Å². The summed E-state index contributed by atoms with van der Waals surface area (Å²) in [6.07, 6.45) is 1.25. The van der Waals surface area contributed by atoms with Crippen LogP contribution in [0.4, 0.5) is 4.39 Å². The summed E-state index contributed by atoms with van der Waals surface area (Å²) in [5.41, 5.74) is -0.870. The van der Waals surface area contributed by atoms with Crippen LogP contribution in [0.5, 0.6) is 5.75 Å². The molecule has 1 aromatic rings. The van der Waals surface area contributed by atoms with Gasteiger partial charge in [0.25, 0.3) is 0 Å². The molecule has 0 N–H and O–H groups in total. The van der Waals surface area contributed by atoms with Crippen LogP contribution in [-0.2, 0) is 14.9 Å². The lowest BCUT2D eigenvalue weighted by Crippen LogP contribution is -2.32. The molecule has 0 unspecified atom stereocenters. The molecule has 0 aromatic heterocycles. The smallest absolute Gasteiger partial charge is 0.317 e. The van der Waals surface area contributed by atoms with Crippen molar-refractivity contribution >= 4 is 17.6 Å². The number of ether oxygens (including phenoxy) is 2. The zero-order valence-corrected chi connectivity index (χ0v) is 12.8. The highest BCUT2D eigenvalue weighted by Gasteiger charge is 2.55. The van der Waals surface area contributed by atoms with Crippen LogP contribution in [-0.4, -0.2) is 18.7 Å². The van der Waals surface area contributed by atoms with Crippen LogP contribution in [0, 0.1) is 5.82 Å². The fourth-order valence-electron chi connectivity index (χ4n) is 2.19. The molecule has 110 valence electrons. The molecule has 0 spiro atoms. The molecule has 1 saturated carbocycles. The van der Waals surface area contributed by atoms with Gasteiger partial charge in [0, 0.05) is 5.56 Å². The van der Waals surface area contributed by atoms with E-state index in [1.807, 2.05) is 0 Å². The molecule has 1 fully saturated rings. The number of hydrogen-bond acceptors (Lipinski definition) is 3. The molecule has 0 bridgehead atoms. The fraction of sp³-hybridized carbons (Fsp3) is 0.533. The maximum absolute atomic E-state index is 14.0. The number of methoxy groups -OCH3 is 1. The Morgan fingerprint density at radius 3 is 2.40 bits per heavy atom. The predicted molar refractivity (Wildman–Crippen MR) is 74.7 cm³/mol. The summed E-state index contributed by atoms with van der Waals surface area (Å²) >= 11 is 5.75. The average Bonchev–Trinajstić information content (AvgIpc) is 3.11. The topological polar surface area (TPSA) is 35.5 Å². The van der Waals surface area contributed by atoms with E-state index in [4.69, 9.17) is 21.1 Å². The van der Waals surface area contributed by atoms with E-state index in [1.54, 1.807) is 26.8 Å². The van der Waals surface area contributed by atoms with E-state index in [0.717, 1.165) is 0 Å². The van der Waals surface area contributed by atoms with Crippen LogP contribution >= 0.6 is 11.6 Å². The third kappa shape index (κ3) is 2.62. The Hall–Kier alpha value is -1.29. The third-order valence-electron chi connectivity index (χ3n) is 3.31. The quantitative estimate of drug-likeness (QED) is 0.795. The molecule has 2 rings (SSSR count). The summed E-state index contributed by atoms with van der Waals surface area (Å²) in [5.74, 6) is -0.951. The molecule has 0 aliphatic heterocycles. The summed E-state index contributed by atoms with van der Waals surface area (Å²) < 4.78 is 24.5. The van der Waals surface area contributed by atoms with Crippen molar-refractivity contribution in [2.45, 2.75) is 44.6 Å². The molecular formula is C15H18ClFO3. The second-order valence-corrected chi connectivity index (χ2v) is 6.43. The number of rotatable bonds is 3. The van der Waals surface area contributed by atoms with Gasteiger partial charge in [-0.1, -0.05) is 17.7 Å². The maximum atomic E-state index is 14.0. The van der Waals surface area contributed by atoms with Gasteiger partial charge in [-0.05, 0) is 39.7 Å². The first-order valence-corrected chi connectivity index (χ1v) is 6.85. The van der Waals surface area contributed by atoms with Gasteiger partial charge in [-0.2, -0.15) is 0 Å². The van der Waals surface area contributed by atoms with Crippen LogP contribution in [0.3, 0.4) is 0 Å². The second kappa shape index (κ2) is 4.92. The van der Waals surface area contributed by atoms with Crippen molar-refractivity contribution < 1.29 is 18.7 Å². The molecule has 3 nitrogen and oxygen atoms in total. The number of benzene rings is 1. The number of carbonyl (C=O) groups is 1. The van der Waals surface area contributed by atoms with E-state index in [0.29, 0.717) is 18.4 Å². The molecule has 1 aliphatic rings. The standard InChI is InChI=1S/C15H18ClFO3/c1-14(2,3)20-13(18)15(7-8-15)9-5-6-10(16)11(17)12(9)19-4/h5-6H,7-8H2,1-4H3. The fourth-order valence-corrected chi connectivity index (χ4v) is 2.34. The highest BCUT2D eigenvalue weighted by atomic mass is 35.5. The molecule has 20 heavy (non-hydrogen) atoms. The van der Waals surface area contributed by atoms with Crippen molar-refractivity contribution in [3.05, 3.63) is 28.5 Å². The minimum absolute atomic E-state index is 0.0226. The van der Waals surface area contributed by atoms with Crippen LogP contribution in [0.1, 0.15) is 39.2 Å². The van der Waals surface area contributed by atoms with E-state index in [2.05, 4.69) is 0 Å². The van der Waals surface area contributed by atoms with Crippen LogP contribution < -0.4 is 4.74 Å².